The van der Waals surface area contributed by atoms with Crippen LogP contribution in [0.4, 0.5) is 0 Å². The van der Waals surface area contributed by atoms with Gasteiger partial charge in [-0.05, 0) is 36.8 Å². The van der Waals surface area contributed by atoms with Crippen LogP contribution in [0.15, 0.2) is 42.5 Å². The Kier molecular flexibility index (Phi) is 8.22. The number of carbonyl (C=O) groups excluding carboxylic acids is 3. The molecule has 0 aromatic heterocycles. The van der Waals surface area contributed by atoms with E-state index < -0.39 is 17.9 Å². The highest BCUT2D eigenvalue weighted by Crippen LogP contribution is 2.31. The monoisotopic (exact) mass is 414 g/mol. The highest BCUT2D eigenvalue weighted by atomic mass is 16.5. The molecule has 2 aromatic rings. The van der Waals surface area contributed by atoms with Crippen LogP contribution in [0, 0.1) is 6.92 Å². The second-order valence-electron chi connectivity index (χ2n) is 6.56. The second-order valence-corrected chi connectivity index (χ2v) is 6.56. The van der Waals surface area contributed by atoms with Crippen molar-refractivity contribution >= 4 is 17.8 Å². The zero-order valence-corrected chi connectivity index (χ0v) is 17.5. The fraction of sp³-hybridized carbons (Fsp3) is 0.318. The molecule has 0 unspecified atom stereocenters. The first-order valence-electron chi connectivity index (χ1n) is 9.31. The predicted molar refractivity (Wildman–Crippen MR) is 111 cm³/mol. The Labute approximate surface area is 175 Å². The van der Waals surface area contributed by atoms with Crippen LogP contribution in [-0.4, -0.2) is 45.7 Å². The molecule has 0 saturated carbocycles. The van der Waals surface area contributed by atoms with E-state index in [9.17, 15) is 14.4 Å². The van der Waals surface area contributed by atoms with E-state index in [2.05, 4.69) is 10.6 Å². The summed E-state index contributed by atoms with van der Waals surface area (Å²) in [5.74, 6) is -0.305. The summed E-state index contributed by atoms with van der Waals surface area (Å²) >= 11 is 0. The molecule has 0 aliphatic heterocycles. The molecule has 0 aliphatic rings. The minimum atomic E-state index is -0.666. The molecule has 2 amide bonds. The zero-order chi connectivity index (χ0) is 22.1. The zero-order valence-electron chi connectivity index (χ0n) is 17.5. The molecule has 2 aromatic carbocycles. The third-order valence-electron chi connectivity index (χ3n) is 4.47. The van der Waals surface area contributed by atoms with E-state index in [0.29, 0.717) is 22.6 Å². The number of rotatable bonds is 9. The number of amides is 2. The van der Waals surface area contributed by atoms with Crippen molar-refractivity contribution in [3.8, 4) is 11.5 Å². The Morgan fingerprint density at radius 1 is 0.933 bits per heavy atom. The fourth-order valence-electron chi connectivity index (χ4n) is 2.78. The molecule has 0 heterocycles. The minimum Gasteiger partial charge on any atom is -0.493 e. The van der Waals surface area contributed by atoms with Gasteiger partial charge in [0, 0.05) is 5.56 Å². The molecule has 0 fully saturated rings. The van der Waals surface area contributed by atoms with Crippen molar-refractivity contribution in [1.82, 2.24) is 10.6 Å². The first kappa shape index (κ1) is 22.7. The van der Waals surface area contributed by atoms with Crippen molar-refractivity contribution < 1.29 is 28.6 Å². The number of carbonyl (C=O) groups is 3. The van der Waals surface area contributed by atoms with E-state index in [4.69, 9.17) is 14.2 Å². The van der Waals surface area contributed by atoms with Gasteiger partial charge in [0.25, 0.3) is 5.91 Å². The minimum absolute atomic E-state index is 0.0797. The number of nitrogens with one attached hydrogen (secondary N) is 2. The lowest BCUT2D eigenvalue weighted by Gasteiger charge is -2.20. The normalized spacial score (nSPS) is 11.2. The van der Waals surface area contributed by atoms with Gasteiger partial charge in [-0.3, -0.25) is 14.4 Å². The van der Waals surface area contributed by atoms with Crippen LogP contribution < -0.4 is 20.1 Å². The van der Waals surface area contributed by atoms with Crippen molar-refractivity contribution in [3.05, 3.63) is 59.2 Å². The number of aryl methyl sites for hydroxylation is 1. The largest absolute Gasteiger partial charge is 0.493 e. The van der Waals surface area contributed by atoms with Gasteiger partial charge in [-0.2, -0.15) is 0 Å². The standard InChI is InChI=1S/C22H26N2O6/c1-14-5-7-15(8-6-14)22(27)23-13-20(25)24-17(12-21(26)30-4)16-9-10-18(28-2)19(11-16)29-3/h5-11,17H,12-13H2,1-4H3,(H,23,27)(H,24,25)/t17-/m0/s1. The average Bonchev–Trinajstić information content (AvgIpc) is 2.76. The molecule has 2 N–H and O–H groups in total. The number of benzene rings is 2. The van der Waals surface area contributed by atoms with Crippen LogP contribution >= 0.6 is 0 Å². The first-order chi connectivity index (χ1) is 14.4. The van der Waals surface area contributed by atoms with E-state index in [1.54, 1.807) is 30.3 Å². The molecule has 0 aliphatic carbocycles. The Balaban J connectivity index is 2.08. The van der Waals surface area contributed by atoms with Gasteiger partial charge in [-0.25, -0.2) is 0 Å². The molecule has 8 nitrogen and oxygen atoms in total. The number of esters is 1. The summed E-state index contributed by atoms with van der Waals surface area (Å²) in [5.41, 5.74) is 2.13. The molecule has 0 saturated heterocycles. The number of methoxy groups -OCH3 is 3. The topological polar surface area (TPSA) is 103 Å². The molecule has 0 spiro atoms. The number of hydrogen-bond donors (Lipinski definition) is 2. The van der Waals surface area contributed by atoms with E-state index >= 15 is 0 Å². The highest BCUT2D eigenvalue weighted by Gasteiger charge is 2.21. The van der Waals surface area contributed by atoms with Gasteiger partial charge in [-0.1, -0.05) is 23.8 Å². The van der Waals surface area contributed by atoms with Gasteiger partial charge in [-0.15, -0.1) is 0 Å². The van der Waals surface area contributed by atoms with Gasteiger partial charge >= 0.3 is 5.97 Å². The Hall–Kier alpha value is -3.55. The van der Waals surface area contributed by atoms with Crippen molar-refractivity contribution in [2.75, 3.05) is 27.9 Å². The van der Waals surface area contributed by atoms with Crippen molar-refractivity contribution in [2.24, 2.45) is 0 Å². The van der Waals surface area contributed by atoms with Crippen LogP contribution in [-0.2, 0) is 14.3 Å². The van der Waals surface area contributed by atoms with Crippen LogP contribution in [0.5, 0.6) is 11.5 Å². The van der Waals surface area contributed by atoms with Gasteiger partial charge in [0.1, 0.15) is 0 Å². The first-order valence-corrected chi connectivity index (χ1v) is 9.31. The van der Waals surface area contributed by atoms with Crippen molar-refractivity contribution in [2.45, 2.75) is 19.4 Å². The predicted octanol–water partition coefficient (Wildman–Crippen LogP) is 2.16. The van der Waals surface area contributed by atoms with Crippen LogP contribution in [0.25, 0.3) is 0 Å². The Morgan fingerprint density at radius 3 is 2.20 bits per heavy atom. The fourth-order valence-corrected chi connectivity index (χ4v) is 2.78. The molecule has 0 bridgehead atoms. The summed E-state index contributed by atoms with van der Waals surface area (Å²) < 4.78 is 15.2. The SMILES string of the molecule is COC(=O)C[C@H](NC(=O)CNC(=O)c1ccc(C)cc1)c1ccc(OC)c(OC)c1. The van der Waals surface area contributed by atoms with Crippen LogP contribution in [0.2, 0.25) is 0 Å². The molecule has 0 radical (unpaired) electrons. The third-order valence-corrected chi connectivity index (χ3v) is 4.47. The summed E-state index contributed by atoms with van der Waals surface area (Å²) in [7, 11) is 4.29. The summed E-state index contributed by atoms with van der Waals surface area (Å²) in [6.45, 7) is 1.68. The Bertz CT molecular complexity index is 895. The molecule has 2 rings (SSSR count). The number of ether oxygens (including phenoxy) is 3. The van der Waals surface area contributed by atoms with E-state index in [1.807, 2.05) is 19.1 Å². The molecule has 30 heavy (non-hydrogen) atoms. The van der Waals surface area contributed by atoms with E-state index in [1.165, 1.54) is 21.3 Å². The second kappa shape index (κ2) is 10.8. The molecule has 160 valence electrons. The Morgan fingerprint density at radius 2 is 1.60 bits per heavy atom. The maximum atomic E-state index is 12.4. The number of hydrogen-bond acceptors (Lipinski definition) is 6. The molecule has 1 atom stereocenters. The summed E-state index contributed by atoms with van der Waals surface area (Å²) in [4.78, 5) is 36.5. The average molecular weight is 414 g/mol. The molecular weight excluding hydrogens is 388 g/mol. The lowest BCUT2D eigenvalue weighted by molar-refractivity contribution is -0.141. The lowest BCUT2D eigenvalue weighted by atomic mass is 10.0. The summed E-state index contributed by atoms with van der Waals surface area (Å²) in [6.07, 6.45) is -0.0797. The van der Waals surface area contributed by atoms with Gasteiger partial charge in [0.05, 0.1) is 40.3 Å². The third kappa shape index (κ3) is 6.23. The smallest absolute Gasteiger partial charge is 0.307 e. The van der Waals surface area contributed by atoms with Gasteiger partial charge in [0.2, 0.25) is 5.91 Å². The van der Waals surface area contributed by atoms with E-state index in [-0.39, 0.29) is 18.9 Å². The summed E-state index contributed by atoms with van der Waals surface area (Å²) in [6, 6.07) is 11.4. The molecule has 8 heteroatoms. The lowest BCUT2D eigenvalue weighted by Crippen LogP contribution is -2.39. The van der Waals surface area contributed by atoms with E-state index in [0.717, 1.165) is 5.56 Å². The van der Waals surface area contributed by atoms with Crippen molar-refractivity contribution in [3.63, 3.8) is 0 Å². The quantitative estimate of drug-likeness (QED) is 0.610. The molecular formula is C22H26N2O6. The highest BCUT2D eigenvalue weighted by molar-refractivity contribution is 5.96. The van der Waals surface area contributed by atoms with Gasteiger partial charge in [0.15, 0.2) is 11.5 Å². The maximum absolute atomic E-state index is 12.4. The van der Waals surface area contributed by atoms with Gasteiger partial charge < -0.3 is 24.8 Å². The van der Waals surface area contributed by atoms with Crippen molar-refractivity contribution in [1.29, 1.82) is 0 Å². The van der Waals surface area contributed by atoms with Crippen LogP contribution in [0.3, 0.4) is 0 Å². The summed E-state index contributed by atoms with van der Waals surface area (Å²) in [5, 5.41) is 5.32. The van der Waals surface area contributed by atoms with Crippen LogP contribution in [0.1, 0.15) is 33.9 Å². The maximum Gasteiger partial charge on any atom is 0.307 e.